The van der Waals surface area contributed by atoms with E-state index in [0.29, 0.717) is 6.42 Å². The molecule has 4 nitrogen and oxygen atoms in total. The molecule has 1 aliphatic carbocycles. The second kappa shape index (κ2) is 2.94. The molecule has 0 radical (unpaired) electrons. The Labute approximate surface area is 75.9 Å². The van der Waals surface area contributed by atoms with E-state index < -0.39 is 28.9 Å². The number of carbonyl (C=O) groups excluding carboxylic acids is 2. The van der Waals surface area contributed by atoms with Crippen LogP contribution in [0.5, 0.6) is 0 Å². The summed E-state index contributed by atoms with van der Waals surface area (Å²) in [5.74, 6) is -3.67. The van der Waals surface area contributed by atoms with Crippen LogP contribution >= 0.6 is 0 Å². The molecule has 0 aliphatic heterocycles. The fraction of sp³-hybridized carbons (Fsp3) is 0.667. The van der Waals surface area contributed by atoms with Crippen LogP contribution in [0, 0.1) is 11.3 Å². The van der Waals surface area contributed by atoms with Gasteiger partial charge in [0.15, 0.2) is 17.5 Å². The summed E-state index contributed by atoms with van der Waals surface area (Å²) in [6, 6.07) is 0. The van der Waals surface area contributed by atoms with Crippen molar-refractivity contribution in [2.45, 2.75) is 26.7 Å². The minimum atomic E-state index is -1.43. The molecule has 1 unspecified atom stereocenters. The van der Waals surface area contributed by atoms with E-state index in [9.17, 15) is 14.4 Å². The first-order chi connectivity index (χ1) is 5.86. The standard InChI is InChI=1S/C9H12O4/c1-9(2)4-3-5(10)6(7(9)11)8(12)13/h6H,3-4H2,1-2H3,(H,12,13). The molecule has 0 aromatic carbocycles. The van der Waals surface area contributed by atoms with Gasteiger partial charge in [0.05, 0.1) is 0 Å². The maximum absolute atomic E-state index is 11.5. The van der Waals surface area contributed by atoms with Gasteiger partial charge in [-0.2, -0.15) is 0 Å². The van der Waals surface area contributed by atoms with E-state index in [0.717, 1.165) is 0 Å². The Bertz CT molecular complexity index is 277. The highest BCUT2D eigenvalue weighted by atomic mass is 16.4. The predicted molar refractivity (Wildman–Crippen MR) is 44.2 cm³/mol. The van der Waals surface area contributed by atoms with Crippen LogP contribution < -0.4 is 0 Å². The molecule has 1 atom stereocenters. The summed E-state index contributed by atoms with van der Waals surface area (Å²) in [7, 11) is 0. The van der Waals surface area contributed by atoms with Crippen LogP contribution in [0.4, 0.5) is 0 Å². The average molecular weight is 184 g/mol. The van der Waals surface area contributed by atoms with Crippen molar-refractivity contribution in [3.8, 4) is 0 Å². The molecule has 0 aromatic rings. The lowest BCUT2D eigenvalue weighted by atomic mass is 9.70. The largest absolute Gasteiger partial charge is 0.480 e. The lowest BCUT2D eigenvalue weighted by Gasteiger charge is -2.30. The van der Waals surface area contributed by atoms with Gasteiger partial charge < -0.3 is 5.11 Å². The van der Waals surface area contributed by atoms with Crippen LogP contribution in [0.1, 0.15) is 26.7 Å². The number of rotatable bonds is 1. The number of ketones is 2. The molecule has 0 spiro atoms. The van der Waals surface area contributed by atoms with Crippen LogP contribution in [0.25, 0.3) is 0 Å². The smallest absolute Gasteiger partial charge is 0.321 e. The lowest BCUT2D eigenvalue weighted by Crippen LogP contribution is -2.44. The number of carboxylic acids is 1. The highest BCUT2D eigenvalue weighted by Crippen LogP contribution is 2.33. The van der Waals surface area contributed by atoms with E-state index in [1.54, 1.807) is 13.8 Å². The van der Waals surface area contributed by atoms with Crippen molar-refractivity contribution in [3.63, 3.8) is 0 Å². The normalized spacial score (nSPS) is 27.4. The van der Waals surface area contributed by atoms with Gasteiger partial charge in [-0.15, -0.1) is 0 Å². The van der Waals surface area contributed by atoms with Gasteiger partial charge >= 0.3 is 5.97 Å². The highest BCUT2D eigenvalue weighted by molar-refractivity contribution is 6.19. The predicted octanol–water partition coefficient (Wildman–Crippen LogP) is 0.645. The molecule has 1 saturated carbocycles. The Hall–Kier alpha value is -1.19. The molecule has 72 valence electrons. The Morgan fingerprint density at radius 2 is 2.00 bits per heavy atom. The molecule has 0 bridgehead atoms. The summed E-state index contributed by atoms with van der Waals surface area (Å²) in [5, 5.41) is 8.67. The maximum atomic E-state index is 11.5. The third-order valence-electron chi connectivity index (χ3n) is 2.49. The van der Waals surface area contributed by atoms with Crippen LogP contribution in [0.15, 0.2) is 0 Å². The van der Waals surface area contributed by atoms with E-state index in [1.807, 2.05) is 0 Å². The Kier molecular flexibility index (Phi) is 2.24. The van der Waals surface area contributed by atoms with Gasteiger partial charge in [-0.25, -0.2) is 0 Å². The number of hydrogen-bond donors (Lipinski definition) is 1. The zero-order valence-electron chi connectivity index (χ0n) is 7.66. The summed E-state index contributed by atoms with van der Waals surface area (Å²) in [6.07, 6.45) is 0.643. The number of hydrogen-bond acceptors (Lipinski definition) is 3. The first kappa shape index (κ1) is 9.89. The van der Waals surface area contributed by atoms with Gasteiger partial charge in [0, 0.05) is 11.8 Å². The van der Waals surface area contributed by atoms with Gasteiger partial charge in [-0.1, -0.05) is 13.8 Å². The molecule has 13 heavy (non-hydrogen) atoms. The van der Waals surface area contributed by atoms with E-state index in [1.165, 1.54) is 0 Å². The first-order valence-corrected chi connectivity index (χ1v) is 4.16. The van der Waals surface area contributed by atoms with Gasteiger partial charge in [0.2, 0.25) is 0 Å². The van der Waals surface area contributed by atoms with Crippen molar-refractivity contribution in [3.05, 3.63) is 0 Å². The third-order valence-corrected chi connectivity index (χ3v) is 2.49. The van der Waals surface area contributed by atoms with Crippen molar-refractivity contribution in [1.29, 1.82) is 0 Å². The molecule has 0 saturated heterocycles. The van der Waals surface area contributed by atoms with Gasteiger partial charge in [0.25, 0.3) is 0 Å². The molecular formula is C9H12O4. The average Bonchev–Trinajstić information content (AvgIpc) is 1.98. The molecule has 4 heteroatoms. The van der Waals surface area contributed by atoms with Gasteiger partial charge in [-0.05, 0) is 6.42 Å². The maximum Gasteiger partial charge on any atom is 0.321 e. The number of carbonyl (C=O) groups is 3. The van der Waals surface area contributed by atoms with Crippen LogP contribution in [-0.2, 0) is 14.4 Å². The zero-order valence-corrected chi connectivity index (χ0v) is 7.66. The molecule has 1 aliphatic rings. The van der Waals surface area contributed by atoms with Crippen molar-refractivity contribution >= 4 is 17.5 Å². The van der Waals surface area contributed by atoms with Crippen molar-refractivity contribution in [2.24, 2.45) is 11.3 Å². The van der Waals surface area contributed by atoms with Gasteiger partial charge in [0.1, 0.15) is 0 Å². The molecule has 1 N–H and O–H groups in total. The second-order valence-electron chi connectivity index (χ2n) is 3.99. The van der Waals surface area contributed by atoms with E-state index >= 15 is 0 Å². The fourth-order valence-corrected chi connectivity index (χ4v) is 1.49. The molecule has 1 fully saturated rings. The minimum absolute atomic E-state index is 0.190. The minimum Gasteiger partial charge on any atom is -0.480 e. The zero-order chi connectivity index (χ0) is 10.2. The quantitative estimate of drug-likeness (QED) is 0.607. The van der Waals surface area contributed by atoms with Gasteiger partial charge in [-0.3, -0.25) is 14.4 Å². The van der Waals surface area contributed by atoms with Crippen LogP contribution in [-0.4, -0.2) is 22.6 Å². The van der Waals surface area contributed by atoms with E-state index in [4.69, 9.17) is 5.11 Å². The first-order valence-electron chi connectivity index (χ1n) is 4.16. The number of carboxylic acid groups (broad SMARTS) is 1. The third kappa shape index (κ3) is 1.61. The molecular weight excluding hydrogens is 172 g/mol. The molecule has 0 amide bonds. The summed E-state index contributed by atoms with van der Waals surface area (Å²) in [4.78, 5) is 33.3. The van der Waals surface area contributed by atoms with Crippen molar-refractivity contribution in [1.82, 2.24) is 0 Å². The van der Waals surface area contributed by atoms with E-state index in [-0.39, 0.29) is 6.42 Å². The number of Topliss-reactive ketones (excluding diaryl/α,β-unsaturated/α-hetero) is 2. The molecule has 1 rings (SSSR count). The Morgan fingerprint density at radius 1 is 1.46 bits per heavy atom. The Balaban J connectivity index is 2.98. The number of aliphatic carboxylic acids is 1. The SMILES string of the molecule is CC1(C)CCC(=O)C(C(=O)O)C1=O. The summed E-state index contributed by atoms with van der Waals surface area (Å²) < 4.78 is 0. The van der Waals surface area contributed by atoms with Crippen LogP contribution in [0.3, 0.4) is 0 Å². The summed E-state index contributed by atoms with van der Waals surface area (Å²) in [5.41, 5.74) is -0.670. The van der Waals surface area contributed by atoms with Crippen molar-refractivity contribution in [2.75, 3.05) is 0 Å². The topological polar surface area (TPSA) is 71.4 Å². The fourth-order valence-electron chi connectivity index (χ4n) is 1.49. The summed E-state index contributed by atoms with van der Waals surface area (Å²) >= 11 is 0. The summed E-state index contributed by atoms with van der Waals surface area (Å²) in [6.45, 7) is 3.36. The molecule has 0 heterocycles. The molecule has 0 aromatic heterocycles. The second-order valence-corrected chi connectivity index (χ2v) is 3.99. The van der Waals surface area contributed by atoms with Crippen molar-refractivity contribution < 1.29 is 19.5 Å². The highest BCUT2D eigenvalue weighted by Gasteiger charge is 2.45. The Morgan fingerprint density at radius 3 is 2.38 bits per heavy atom. The lowest BCUT2D eigenvalue weighted by molar-refractivity contribution is -0.156. The van der Waals surface area contributed by atoms with E-state index in [2.05, 4.69) is 0 Å². The monoisotopic (exact) mass is 184 g/mol. The van der Waals surface area contributed by atoms with Crippen LogP contribution in [0.2, 0.25) is 0 Å².